The van der Waals surface area contributed by atoms with Gasteiger partial charge < -0.3 is 14.3 Å². The summed E-state index contributed by atoms with van der Waals surface area (Å²) in [6.07, 6.45) is 7.82. The number of hydrogen-bond acceptors (Lipinski definition) is 5. The number of amides is 2. The molecule has 2 saturated heterocycles. The highest BCUT2D eigenvalue weighted by molar-refractivity contribution is 5.94. The van der Waals surface area contributed by atoms with Gasteiger partial charge in [-0.1, -0.05) is 5.16 Å². The third-order valence-electron chi connectivity index (χ3n) is 5.53. The van der Waals surface area contributed by atoms with Crippen LogP contribution in [0.3, 0.4) is 0 Å². The van der Waals surface area contributed by atoms with E-state index >= 15 is 0 Å². The van der Waals surface area contributed by atoms with Crippen molar-refractivity contribution in [3.05, 3.63) is 48.1 Å². The van der Waals surface area contributed by atoms with Crippen LogP contribution in [-0.2, 0) is 11.2 Å². The van der Waals surface area contributed by atoms with Gasteiger partial charge in [0, 0.05) is 68.5 Å². The van der Waals surface area contributed by atoms with Crippen LogP contribution in [0.5, 0.6) is 0 Å². The van der Waals surface area contributed by atoms with Crippen LogP contribution in [0, 0.1) is 5.41 Å². The Morgan fingerprint density at radius 1 is 1.08 bits per heavy atom. The van der Waals surface area contributed by atoms with Crippen molar-refractivity contribution in [1.82, 2.24) is 19.9 Å². The zero-order valence-electron chi connectivity index (χ0n) is 14.6. The number of piperidine rings is 1. The zero-order chi connectivity index (χ0) is 18.0. The number of rotatable bonds is 4. The minimum absolute atomic E-state index is 0.0714. The summed E-state index contributed by atoms with van der Waals surface area (Å²) in [4.78, 5) is 32.6. The fraction of sp³-hybridized carbons (Fsp3) is 0.474. The summed E-state index contributed by atoms with van der Waals surface area (Å²) in [5.41, 5.74) is 1.70. The van der Waals surface area contributed by atoms with Crippen LogP contribution in [0.4, 0.5) is 0 Å². The Bertz CT molecular complexity index is 759. The number of carbonyl (C=O) groups is 2. The quantitative estimate of drug-likeness (QED) is 0.836. The van der Waals surface area contributed by atoms with Crippen molar-refractivity contribution in [3.8, 4) is 0 Å². The van der Waals surface area contributed by atoms with E-state index in [1.807, 2.05) is 9.80 Å². The molecule has 4 heterocycles. The molecule has 2 aliphatic heterocycles. The van der Waals surface area contributed by atoms with Crippen LogP contribution < -0.4 is 0 Å². The maximum Gasteiger partial charge on any atom is 0.253 e. The van der Waals surface area contributed by atoms with Crippen LogP contribution >= 0.6 is 0 Å². The van der Waals surface area contributed by atoms with E-state index in [4.69, 9.17) is 4.52 Å². The van der Waals surface area contributed by atoms with Gasteiger partial charge in [-0.05, 0) is 25.0 Å². The molecule has 0 saturated carbocycles. The number of likely N-dealkylation sites (tertiary alicyclic amines) is 2. The van der Waals surface area contributed by atoms with Gasteiger partial charge in [-0.15, -0.1) is 0 Å². The number of pyridine rings is 1. The summed E-state index contributed by atoms with van der Waals surface area (Å²) in [5, 5.41) is 3.84. The van der Waals surface area contributed by atoms with E-state index in [9.17, 15) is 9.59 Å². The highest BCUT2D eigenvalue weighted by Gasteiger charge is 2.46. The van der Waals surface area contributed by atoms with E-state index < -0.39 is 0 Å². The summed E-state index contributed by atoms with van der Waals surface area (Å²) in [5.74, 6) is 0.246. The summed E-state index contributed by atoms with van der Waals surface area (Å²) >= 11 is 0. The van der Waals surface area contributed by atoms with Crippen LogP contribution in [0.15, 0.2) is 41.4 Å². The topological polar surface area (TPSA) is 79.5 Å². The van der Waals surface area contributed by atoms with Crippen LogP contribution in [0.25, 0.3) is 0 Å². The Hall–Kier alpha value is -2.70. The monoisotopic (exact) mass is 354 g/mol. The van der Waals surface area contributed by atoms with Crippen LogP contribution in [0.2, 0.25) is 0 Å². The maximum absolute atomic E-state index is 12.5. The Balaban J connectivity index is 1.24. The van der Waals surface area contributed by atoms with E-state index in [-0.39, 0.29) is 17.2 Å². The first-order valence-electron chi connectivity index (χ1n) is 9.02. The van der Waals surface area contributed by atoms with Gasteiger partial charge in [-0.2, -0.15) is 0 Å². The number of carbonyl (C=O) groups excluding carboxylic acids is 2. The third kappa shape index (κ3) is 3.34. The molecule has 1 spiro atoms. The van der Waals surface area contributed by atoms with Crippen molar-refractivity contribution in [1.29, 1.82) is 0 Å². The highest BCUT2D eigenvalue weighted by atomic mass is 16.5. The fourth-order valence-corrected chi connectivity index (χ4v) is 3.88. The van der Waals surface area contributed by atoms with E-state index in [1.54, 1.807) is 30.6 Å². The fourth-order valence-electron chi connectivity index (χ4n) is 3.88. The molecule has 4 rings (SSSR count). The summed E-state index contributed by atoms with van der Waals surface area (Å²) < 4.78 is 4.79. The van der Waals surface area contributed by atoms with Gasteiger partial charge in [-0.25, -0.2) is 0 Å². The Labute approximate surface area is 152 Å². The maximum atomic E-state index is 12.5. The summed E-state index contributed by atoms with van der Waals surface area (Å²) in [7, 11) is 0. The summed E-state index contributed by atoms with van der Waals surface area (Å²) in [6, 6.07) is 5.30. The molecular formula is C19H22N4O3. The van der Waals surface area contributed by atoms with E-state index in [2.05, 4.69) is 10.1 Å². The molecule has 0 aromatic carbocycles. The predicted molar refractivity (Wildman–Crippen MR) is 93.2 cm³/mol. The number of nitrogens with zero attached hydrogens (tertiary/aromatic N) is 4. The van der Waals surface area contributed by atoms with Crippen molar-refractivity contribution in [2.45, 2.75) is 25.7 Å². The van der Waals surface area contributed by atoms with E-state index in [0.29, 0.717) is 18.4 Å². The molecule has 0 unspecified atom stereocenters. The molecule has 2 aromatic heterocycles. The molecule has 0 N–H and O–H groups in total. The van der Waals surface area contributed by atoms with Crippen molar-refractivity contribution >= 4 is 11.8 Å². The first-order chi connectivity index (χ1) is 12.7. The first-order valence-corrected chi connectivity index (χ1v) is 9.02. The highest BCUT2D eigenvalue weighted by Crippen LogP contribution is 2.40. The second kappa shape index (κ2) is 6.90. The van der Waals surface area contributed by atoms with Gasteiger partial charge in [-0.3, -0.25) is 14.6 Å². The number of aryl methyl sites for hydroxylation is 1. The van der Waals surface area contributed by atoms with Gasteiger partial charge in [0.2, 0.25) is 5.91 Å². The predicted octanol–water partition coefficient (Wildman–Crippen LogP) is 1.77. The third-order valence-corrected chi connectivity index (χ3v) is 5.53. The summed E-state index contributed by atoms with van der Waals surface area (Å²) in [6.45, 7) is 3.12. The van der Waals surface area contributed by atoms with Gasteiger partial charge in [0.05, 0.1) is 5.69 Å². The lowest BCUT2D eigenvalue weighted by Gasteiger charge is -2.54. The lowest BCUT2D eigenvalue weighted by atomic mass is 9.71. The normalized spacial score (nSPS) is 18.6. The van der Waals surface area contributed by atoms with Gasteiger partial charge in [0.15, 0.2) is 0 Å². The average molecular weight is 354 g/mol. The molecule has 0 bridgehead atoms. The van der Waals surface area contributed by atoms with E-state index in [0.717, 1.165) is 44.7 Å². The standard InChI is InChI=1S/C19H22N4O3/c24-17(2-1-16-5-12-26-21-16)23-13-19(14-23)6-10-22(11-7-19)18(25)15-3-8-20-9-4-15/h3-5,8-9,12H,1-2,6-7,10-11,13-14H2. The van der Waals surface area contributed by atoms with Gasteiger partial charge >= 0.3 is 0 Å². The number of aromatic nitrogens is 2. The molecule has 2 aliphatic rings. The molecule has 2 fully saturated rings. The Morgan fingerprint density at radius 2 is 1.81 bits per heavy atom. The molecule has 7 nitrogen and oxygen atoms in total. The van der Waals surface area contributed by atoms with Crippen molar-refractivity contribution in [2.75, 3.05) is 26.2 Å². The van der Waals surface area contributed by atoms with Crippen molar-refractivity contribution in [3.63, 3.8) is 0 Å². The number of hydrogen-bond donors (Lipinski definition) is 0. The first kappa shape index (κ1) is 16.8. The second-order valence-electron chi connectivity index (χ2n) is 7.27. The SMILES string of the molecule is O=C(CCc1ccon1)N1CC2(CCN(C(=O)c3ccncc3)CC2)C1. The van der Waals surface area contributed by atoms with Crippen LogP contribution in [0.1, 0.15) is 35.3 Å². The lowest BCUT2D eigenvalue weighted by Crippen LogP contribution is -2.62. The molecule has 0 radical (unpaired) electrons. The minimum Gasteiger partial charge on any atom is -0.365 e. The second-order valence-corrected chi connectivity index (χ2v) is 7.27. The molecule has 136 valence electrons. The van der Waals surface area contributed by atoms with E-state index in [1.165, 1.54) is 6.26 Å². The molecule has 2 aromatic rings. The Morgan fingerprint density at radius 3 is 2.46 bits per heavy atom. The van der Waals surface area contributed by atoms with Gasteiger partial charge in [0.25, 0.3) is 5.91 Å². The molecule has 7 heteroatoms. The largest absolute Gasteiger partial charge is 0.365 e. The molecular weight excluding hydrogens is 332 g/mol. The smallest absolute Gasteiger partial charge is 0.253 e. The molecule has 0 atom stereocenters. The minimum atomic E-state index is 0.0714. The molecule has 26 heavy (non-hydrogen) atoms. The van der Waals surface area contributed by atoms with Crippen molar-refractivity contribution < 1.29 is 14.1 Å². The lowest BCUT2D eigenvalue weighted by molar-refractivity contribution is -0.146. The molecule has 0 aliphatic carbocycles. The van der Waals surface area contributed by atoms with Crippen molar-refractivity contribution in [2.24, 2.45) is 5.41 Å². The average Bonchev–Trinajstić information content (AvgIpc) is 3.18. The molecule has 2 amide bonds. The Kier molecular flexibility index (Phi) is 4.44. The zero-order valence-corrected chi connectivity index (χ0v) is 14.6. The van der Waals surface area contributed by atoms with Crippen LogP contribution in [-0.4, -0.2) is 57.9 Å². The van der Waals surface area contributed by atoms with Gasteiger partial charge in [0.1, 0.15) is 6.26 Å².